The minimum Gasteiger partial charge on any atom is -0.478 e. The van der Waals surface area contributed by atoms with E-state index in [1.807, 2.05) is 0 Å². The maximum atomic E-state index is 13.3. The summed E-state index contributed by atoms with van der Waals surface area (Å²) in [7, 11) is 0. The molecule has 0 saturated carbocycles. The normalized spacial score (nSPS) is 28.8. The molecule has 156 valence electrons. The van der Waals surface area contributed by atoms with Crippen molar-refractivity contribution in [2.24, 2.45) is 11.8 Å². The second-order valence-electron chi connectivity index (χ2n) is 7.21. The van der Waals surface area contributed by atoms with Gasteiger partial charge in [0.15, 0.2) is 5.60 Å². The Labute approximate surface area is 170 Å². The third kappa shape index (κ3) is 2.79. The fourth-order valence-electron chi connectivity index (χ4n) is 4.22. The fourth-order valence-corrected chi connectivity index (χ4v) is 4.22. The number of esters is 2. The van der Waals surface area contributed by atoms with Gasteiger partial charge in [-0.1, -0.05) is 6.08 Å². The molecule has 10 heteroatoms. The van der Waals surface area contributed by atoms with Crippen molar-refractivity contribution in [2.45, 2.75) is 31.8 Å². The second-order valence-corrected chi connectivity index (χ2v) is 7.21. The van der Waals surface area contributed by atoms with Gasteiger partial charge in [-0.25, -0.2) is 9.69 Å². The molecule has 2 bridgehead atoms. The summed E-state index contributed by atoms with van der Waals surface area (Å²) < 4.78 is 16.1. The van der Waals surface area contributed by atoms with Crippen LogP contribution >= 0.6 is 0 Å². The number of hydrogen-bond acceptors (Lipinski definition) is 8. The van der Waals surface area contributed by atoms with Crippen LogP contribution in [0.2, 0.25) is 0 Å². The van der Waals surface area contributed by atoms with E-state index in [4.69, 9.17) is 19.3 Å². The van der Waals surface area contributed by atoms with Gasteiger partial charge >= 0.3 is 17.9 Å². The molecule has 4 atom stereocenters. The van der Waals surface area contributed by atoms with Gasteiger partial charge in [0.25, 0.3) is 6.29 Å². The molecular formula is C20H17NO9. The Hall–Kier alpha value is -3.53. The molecule has 3 aliphatic heterocycles. The van der Waals surface area contributed by atoms with Crippen molar-refractivity contribution in [1.82, 2.24) is 0 Å². The van der Waals surface area contributed by atoms with Crippen LogP contribution in [0.25, 0.3) is 0 Å². The Morgan fingerprint density at radius 2 is 1.67 bits per heavy atom. The number of rotatable bonds is 5. The summed E-state index contributed by atoms with van der Waals surface area (Å²) >= 11 is 0. The molecular weight excluding hydrogens is 398 g/mol. The van der Waals surface area contributed by atoms with Crippen molar-refractivity contribution in [3.05, 3.63) is 42.0 Å². The van der Waals surface area contributed by atoms with Crippen LogP contribution in [0.5, 0.6) is 0 Å². The molecule has 0 unspecified atom stereocenters. The average molecular weight is 415 g/mol. The van der Waals surface area contributed by atoms with Gasteiger partial charge in [0.1, 0.15) is 0 Å². The number of benzene rings is 1. The van der Waals surface area contributed by atoms with E-state index < -0.39 is 59.6 Å². The van der Waals surface area contributed by atoms with Gasteiger partial charge in [0.05, 0.1) is 29.2 Å². The topological polar surface area (TPSA) is 137 Å². The zero-order valence-corrected chi connectivity index (χ0v) is 15.9. The maximum Gasteiger partial charge on any atom is 0.335 e. The number of carboxylic acid groups (broad SMARTS) is 1. The molecule has 1 aromatic carbocycles. The third-order valence-corrected chi connectivity index (χ3v) is 5.36. The predicted octanol–water partition coefficient (Wildman–Crippen LogP) is 0.650. The molecule has 0 radical (unpaired) electrons. The first kappa shape index (κ1) is 19.8. The van der Waals surface area contributed by atoms with E-state index in [9.17, 15) is 24.0 Å². The lowest BCUT2D eigenvalue weighted by molar-refractivity contribution is -0.226. The summed E-state index contributed by atoms with van der Waals surface area (Å²) in [6.07, 6.45) is 0.749. The van der Waals surface area contributed by atoms with Crippen LogP contribution in [-0.2, 0) is 33.4 Å². The van der Waals surface area contributed by atoms with Crippen LogP contribution in [0, 0.1) is 11.8 Å². The lowest BCUT2D eigenvalue weighted by atomic mass is 9.76. The quantitative estimate of drug-likeness (QED) is 0.318. The lowest BCUT2D eigenvalue weighted by Gasteiger charge is -2.34. The molecule has 2 amide bonds. The van der Waals surface area contributed by atoms with Crippen LogP contribution < -0.4 is 4.90 Å². The molecule has 4 rings (SSSR count). The van der Waals surface area contributed by atoms with Gasteiger partial charge in [-0.15, -0.1) is 0 Å². The average Bonchev–Trinajstić information content (AvgIpc) is 3.32. The van der Waals surface area contributed by atoms with Crippen LogP contribution in [0.4, 0.5) is 5.69 Å². The van der Waals surface area contributed by atoms with E-state index in [0.29, 0.717) is 0 Å². The Kier molecular flexibility index (Phi) is 4.46. The number of carboxylic acids is 1. The highest BCUT2D eigenvalue weighted by Gasteiger charge is 2.72. The first-order chi connectivity index (χ1) is 14.2. The van der Waals surface area contributed by atoms with Gasteiger partial charge < -0.3 is 19.3 Å². The zero-order chi connectivity index (χ0) is 21.8. The minimum absolute atomic E-state index is 0.00404. The number of imide groups is 1. The highest BCUT2D eigenvalue weighted by atomic mass is 16.7. The van der Waals surface area contributed by atoms with E-state index in [2.05, 4.69) is 0 Å². The molecule has 0 aromatic heterocycles. The molecule has 30 heavy (non-hydrogen) atoms. The molecule has 2 saturated heterocycles. The van der Waals surface area contributed by atoms with Crippen LogP contribution in [-0.4, -0.2) is 52.8 Å². The molecule has 0 spiro atoms. The van der Waals surface area contributed by atoms with Gasteiger partial charge in [0, 0.05) is 13.8 Å². The van der Waals surface area contributed by atoms with Crippen molar-refractivity contribution in [2.75, 3.05) is 4.90 Å². The smallest absolute Gasteiger partial charge is 0.335 e. The molecule has 3 aliphatic rings. The van der Waals surface area contributed by atoms with E-state index in [-0.39, 0.29) is 11.3 Å². The summed E-state index contributed by atoms with van der Waals surface area (Å²) in [6, 6.07) is 5.29. The lowest BCUT2D eigenvalue weighted by Crippen LogP contribution is -2.52. The number of carbonyl (C=O) groups is 5. The third-order valence-electron chi connectivity index (χ3n) is 5.36. The van der Waals surface area contributed by atoms with Crippen LogP contribution in [0.15, 0.2) is 36.4 Å². The van der Waals surface area contributed by atoms with Crippen molar-refractivity contribution >= 4 is 35.4 Å². The Balaban J connectivity index is 1.71. The Morgan fingerprint density at radius 3 is 2.20 bits per heavy atom. The van der Waals surface area contributed by atoms with E-state index in [1.54, 1.807) is 6.08 Å². The summed E-state index contributed by atoms with van der Waals surface area (Å²) in [5.74, 6) is -5.77. The SMILES string of the molecule is CC(=O)OC(OC(C)=O)[C@]12C=C[C@@H](O1)[C@H]1C(=O)N(c3ccc(C(=O)O)cc3)C(=O)[C@@H]12. The van der Waals surface area contributed by atoms with Gasteiger partial charge in [-0.3, -0.25) is 19.2 Å². The van der Waals surface area contributed by atoms with Crippen molar-refractivity contribution in [1.29, 1.82) is 0 Å². The number of aromatic carboxylic acids is 1. The highest BCUT2D eigenvalue weighted by molar-refractivity contribution is 6.23. The molecule has 3 heterocycles. The summed E-state index contributed by atoms with van der Waals surface area (Å²) in [5, 5.41) is 9.04. The second kappa shape index (κ2) is 6.77. The number of ether oxygens (including phenoxy) is 3. The first-order valence-corrected chi connectivity index (χ1v) is 9.08. The Morgan fingerprint density at radius 1 is 1.07 bits per heavy atom. The number of carbonyl (C=O) groups excluding carboxylic acids is 4. The molecule has 1 N–H and O–H groups in total. The van der Waals surface area contributed by atoms with Gasteiger partial charge in [-0.05, 0) is 30.3 Å². The first-order valence-electron chi connectivity index (χ1n) is 9.08. The van der Waals surface area contributed by atoms with Crippen molar-refractivity contribution < 1.29 is 43.3 Å². The zero-order valence-electron chi connectivity index (χ0n) is 15.9. The van der Waals surface area contributed by atoms with E-state index in [0.717, 1.165) is 18.7 Å². The number of fused-ring (bicyclic) bond motifs is 5. The standard InChI is InChI=1S/C20H17NO9/c1-9(22)28-19(29-10(2)23)20-8-7-13(30-20)14-15(20)17(25)21(16(14)24)12-5-3-11(4-6-12)18(26)27/h3-8,13-15,19H,1-2H3,(H,26,27)/t13-,14-,15-,20-/m1/s1. The summed E-state index contributed by atoms with van der Waals surface area (Å²) in [4.78, 5) is 61.5. The Bertz CT molecular complexity index is 982. The number of nitrogens with zero attached hydrogens (tertiary/aromatic N) is 1. The summed E-state index contributed by atoms with van der Waals surface area (Å²) in [5.41, 5.74) is -1.42. The predicted molar refractivity (Wildman–Crippen MR) is 96.9 cm³/mol. The van der Waals surface area contributed by atoms with Crippen LogP contribution in [0.3, 0.4) is 0 Å². The van der Waals surface area contributed by atoms with Crippen molar-refractivity contribution in [3.63, 3.8) is 0 Å². The molecule has 10 nitrogen and oxygen atoms in total. The largest absolute Gasteiger partial charge is 0.478 e. The number of amides is 2. The maximum absolute atomic E-state index is 13.3. The molecule has 1 aromatic rings. The van der Waals surface area contributed by atoms with Gasteiger partial charge in [-0.2, -0.15) is 0 Å². The summed E-state index contributed by atoms with van der Waals surface area (Å²) in [6.45, 7) is 2.24. The number of hydrogen-bond donors (Lipinski definition) is 1. The van der Waals surface area contributed by atoms with E-state index >= 15 is 0 Å². The van der Waals surface area contributed by atoms with Crippen LogP contribution in [0.1, 0.15) is 24.2 Å². The van der Waals surface area contributed by atoms with E-state index in [1.165, 1.54) is 30.3 Å². The fraction of sp³-hybridized carbons (Fsp3) is 0.350. The molecule has 0 aliphatic carbocycles. The highest BCUT2D eigenvalue weighted by Crippen LogP contribution is 2.54. The van der Waals surface area contributed by atoms with Gasteiger partial charge in [0.2, 0.25) is 11.8 Å². The van der Waals surface area contributed by atoms with Crippen molar-refractivity contribution in [3.8, 4) is 0 Å². The number of anilines is 1. The monoisotopic (exact) mass is 415 g/mol. The minimum atomic E-state index is -1.63. The molecule has 2 fully saturated rings.